The molecule has 1 aromatic carbocycles. The van der Waals surface area contributed by atoms with Crippen LogP contribution in [-0.4, -0.2) is 22.6 Å². The second-order valence-corrected chi connectivity index (χ2v) is 3.84. The molecule has 0 fully saturated rings. The van der Waals surface area contributed by atoms with Gasteiger partial charge in [-0.2, -0.15) is 5.10 Å². The molecular formula is C13H14N4O2. The zero-order chi connectivity index (χ0) is 13.7. The number of para-hydroxylation sites is 1. The zero-order valence-corrected chi connectivity index (χ0v) is 10.4. The number of nitrogens with zero attached hydrogens (tertiary/aromatic N) is 1. The molecule has 0 unspecified atom stereocenters. The van der Waals surface area contributed by atoms with E-state index in [4.69, 9.17) is 0 Å². The van der Waals surface area contributed by atoms with Crippen LogP contribution in [0, 0.1) is 0 Å². The summed E-state index contributed by atoms with van der Waals surface area (Å²) in [7, 11) is 0. The van der Waals surface area contributed by atoms with Crippen LogP contribution in [0.15, 0.2) is 41.2 Å². The van der Waals surface area contributed by atoms with Crippen molar-refractivity contribution in [3.63, 3.8) is 0 Å². The lowest BCUT2D eigenvalue weighted by Crippen LogP contribution is -2.17. The number of aromatic nitrogens is 2. The van der Waals surface area contributed by atoms with Crippen molar-refractivity contribution in [2.75, 3.05) is 17.2 Å². The molecule has 6 heteroatoms. The predicted molar refractivity (Wildman–Crippen MR) is 73.4 cm³/mol. The SMILES string of the molecule is CCNc1ccccc1C(=O)Nc1ccc(=O)[nH]n1. The van der Waals surface area contributed by atoms with Crippen molar-refractivity contribution in [3.05, 3.63) is 52.3 Å². The van der Waals surface area contributed by atoms with E-state index in [9.17, 15) is 9.59 Å². The van der Waals surface area contributed by atoms with Gasteiger partial charge in [0, 0.05) is 18.3 Å². The predicted octanol–water partition coefficient (Wildman–Crippen LogP) is 1.45. The molecule has 98 valence electrons. The number of benzene rings is 1. The molecule has 0 aliphatic rings. The van der Waals surface area contributed by atoms with Gasteiger partial charge in [0.15, 0.2) is 5.82 Å². The number of H-pyrrole nitrogens is 1. The normalized spacial score (nSPS) is 9.95. The number of nitrogens with one attached hydrogen (secondary N) is 3. The van der Waals surface area contributed by atoms with Crippen molar-refractivity contribution in [2.24, 2.45) is 0 Å². The van der Waals surface area contributed by atoms with Crippen LogP contribution < -0.4 is 16.2 Å². The Kier molecular flexibility index (Phi) is 3.92. The van der Waals surface area contributed by atoms with E-state index in [0.29, 0.717) is 11.4 Å². The number of amides is 1. The zero-order valence-electron chi connectivity index (χ0n) is 10.4. The molecule has 3 N–H and O–H groups in total. The standard InChI is InChI=1S/C13H14N4O2/c1-2-14-10-6-4-3-5-9(10)13(19)15-11-7-8-12(18)17-16-11/h3-8,14H,2H2,1H3,(H,17,18)(H,15,16,19). The van der Waals surface area contributed by atoms with Crippen LogP contribution >= 0.6 is 0 Å². The molecule has 2 rings (SSSR count). The fourth-order valence-corrected chi connectivity index (χ4v) is 1.62. The molecule has 1 amide bonds. The highest BCUT2D eigenvalue weighted by Crippen LogP contribution is 2.15. The first kappa shape index (κ1) is 12.8. The van der Waals surface area contributed by atoms with Gasteiger partial charge < -0.3 is 10.6 Å². The number of rotatable bonds is 4. The topological polar surface area (TPSA) is 86.9 Å². The van der Waals surface area contributed by atoms with Crippen molar-refractivity contribution >= 4 is 17.4 Å². The minimum absolute atomic E-state index is 0.281. The summed E-state index contributed by atoms with van der Waals surface area (Å²) in [6.45, 7) is 2.68. The molecular weight excluding hydrogens is 244 g/mol. The number of hydrogen-bond donors (Lipinski definition) is 3. The lowest BCUT2D eigenvalue weighted by molar-refractivity contribution is 0.102. The Morgan fingerprint density at radius 1 is 1.26 bits per heavy atom. The monoisotopic (exact) mass is 258 g/mol. The van der Waals surface area contributed by atoms with Crippen LogP contribution in [0.2, 0.25) is 0 Å². The highest BCUT2D eigenvalue weighted by atomic mass is 16.2. The molecule has 6 nitrogen and oxygen atoms in total. The van der Waals surface area contributed by atoms with E-state index in [1.165, 1.54) is 12.1 Å². The van der Waals surface area contributed by atoms with Crippen LogP contribution in [0.4, 0.5) is 11.5 Å². The van der Waals surface area contributed by atoms with Crippen molar-refractivity contribution in [3.8, 4) is 0 Å². The summed E-state index contributed by atoms with van der Waals surface area (Å²) in [6, 6.07) is 9.95. The number of carbonyl (C=O) groups is 1. The summed E-state index contributed by atoms with van der Waals surface area (Å²) in [5.74, 6) is 0.0204. The lowest BCUT2D eigenvalue weighted by atomic mass is 10.1. The van der Waals surface area contributed by atoms with Gasteiger partial charge in [0.05, 0.1) is 5.56 Å². The third-order valence-corrected chi connectivity index (χ3v) is 2.46. The second-order valence-electron chi connectivity index (χ2n) is 3.84. The molecule has 2 aromatic rings. The average molecular weight is 258 g/mol. The smallest absolute Gasteiger partial charge is 0.264 e. The highest BCUT2D eigenvalue weighted by Gasteiger charge is 2.11. The van der Waals surface area contributed by atoms with E-state index in [1.807, 2.05) is 19.1 Å². The number of anilines is 2. The number of aromatic amines is 1. The molecule has 0 spiro atoms. The van der Waals surface area contributed by atoms with E-state index >= 15 is 0 Å². The van der Waals surface area contributed by atoms with Crippen LogP contribution in [0.25, 0.3) is 0 Å². The molecule has 0 radical (unpaired) electrons. The summed E-state index contributed by atoms with van der Waals surface area (Å²) in [4.78, 5) is 23.0. The maximum atomic E-state index is 12.1. The molecule has 0 saturated carbocycles. The largest absolute Gasteiger partial charge is 0.385 e. The van der Waals surface area contributed by atoms with E-state index < -0.39 is 0 Å². The first-order valence-corrected chi connectivity index (χ1v) is 5.90. The summed E-state index contributed by atoms with van der Waals surface area (Å²) in [5, 5.41) is 11.7. The van der Waals surface area contributed by atoms with E-state index in [-0.39, 0.29) is 11.5 Å². The Bertz CT molecular complexity index is 616. The van der Waals surface area contributed by atoms with Crippen LogP contribution in [0.1, 0.15) is 17.3 Å². The fourth-order valence-electron chi connectivity index (χ4n) is 1.62. The third kappa shape index (κ3) is 3.19. The fraction of sp³-hybridized carbons (Fsp3) is 0.154. The van der Waals surface area contributed by atoms with Gasteiger partial charge in [-0.25, -0.2) is 5.10 Å². The van der Waals surface area contributed by atoms with Crippen molar-refractivity contribution in [1.82, 2.24) is 10.2 Å². The molecule has 0 saturated heterocycles. The maximum Gasteiger partial charge on any atom is 0.264 e. The Labute approximate surface area is 109 Å². The van der Waals surface area contributed by atoms with Crippen LogP contribution in [-0.2, 0) is 0 Å². The van der Waals surface area contributed by atoms with E-state index in [1.54, 1.807) is 12.1 Å². The first-order valence-electron chi connectivity index (χ1n) is 5.90. The molecule has 0 aliphatic carbocycles. The minimum atomic E-state index is -0.314. The number of hydrogen-bond acceptors (Lipinski definition) is 4. The maximum absolute atomic E-state index is 12.1. The molecule has 19 heavy (non-hydrogen) atoms. The Balaban J connectivity index is 2.20. The first-order chi connectivity index (χ1) is 9.20. The van der Waals surface area contributed by atoms with Gasteiger partial charge in [0.2, 0.25) is 0 Å². The van der Waals surface area contributed by atoms with Crippen molar-refractivity contribution in [1.29, 1.82) is 0 Å². The Morgan fingerprint density at radius 2 is 2.05 bits per heavy atom. The second kappa shape index (κ2) is 5.81. The van der Waals surface area contributed by atoms with Gasteiger partial charge in [-0.1, -0.05) is 12.1 Å². The highest BCUT2D eigenvalue weighted by molar-refractivity contribution is 6.07. The van der Waals surface area contributed by atoms with Gasteiger partial charge in [-0.3, -0.25) is 9.59 Å². The van der Waals surface area contributed by atoms with E-state index in [2.05, 4.69) is 20.8 Å². The van der Waals surface area contributed by atoms with Gasteiger partial charge in [0.25, 0.3) is 11.5 Å². The summed E-state index contributed by atoms with van der Waals surface area (Å²) in [5.41, 5.74) is 0.968. The van der Waals surface area contributed by atoms with Gasteiger partial charge in [-0.15, -0.1) is 0 Å². The summed E-state index contributed by atoms with van der Waals surface area (Å²) < 4.78 is 0. The van der Waals surface area contributed by atoms with Gasteiger partial charge in [-0.05, 0) is 25.1 Å². The number of carbonyl (C=O) groups excluding carboxylic acids is 1. The van der Waals surface area contributed by atoms with Crippen molar-refractivity contribution < 1.29 is 4.79 Å². The van der Waals surface area contributed by atoms with Gasteiger partial charge in [0.1, 0.15) is 0 Å². The van der Waals surface area contributed by atoms with Crippen LogP contribution in [0.3, 0.4) is 0 Å². The third-order valence-electron chi connectivity index (χ3n) is 2.46. The Hall–Kier alpha value is -2.63. The van der Waals surface area contributed by atoms with Crippen LogP contribution in [0.5, 0.6) is 0 Å². The molecule has 0 aliphatic heterocycles. The minimum Gasteiger partial charge on any atom is -0.385 e. The summed E-state index contributed by atoms with van der Waals surface area (Å²) in [6.07, 6.45) is 0. The average Bonchev–Trinajstić information content (AvgIpc) is 2.42. The molecule has 0 bridgehead atoms. The molecule has 1 heterocycles. The lowest BCUT2D eigenvalue weighted by Gasteiger charge is -2.10. The van der Waals surface area contributed by atoms with Crippen molar-refractivity contribution in [2.45, 2.75) is 6.92 Å². The Morgan fingerprint density at radius 3 is 2.74 bits per heavy atom. The van der Waals surface area contributed by atoms with E-state index in [0.717, 1.165) is 12.2 Å². The summed E-state index contributed by atoms with van der Waals surface area (Å²) >= 11 is 0. The molecule has 1 aromatic heterocycles. The quantitative estimate of drug-likeness (QED) is 0.774. The van der Waals surface area contributed by atoms with Gasteiger partial charge >= 0.3 is 0 Å². The molecule has 0 atom stereocenters.